The van der Waals surface area contributed by atoms with Crippen LogP contribution >= 0.6 is 11.3 Å². The molecule has 0 bridgehead atoms. The maximum absolute atomic E-state index is 12.3. The number of benzene rings is 1. The number of methoxy groups -OCH3 is 1. The molecule has 150 valence electrons. The van der Waals surface area contributed by atoms with Crippen LogP contribution in [0.5, 0.6) is 0 Å². The molecule has 6 nitrogen and oxygen atoms in total. The number of amides is 2. The summed E-state index contributed by atoms with van der Waals surface area (Å²) in [6.07, 6.45) is 0. The third-order valence-electron chi connectivity index (χ3n) is 4.77. The van der Waals surface area contributed by atoms with Crippen LogP contribution in [0.1, 0.15) is 45.8 Å². The number of anilines is 1. The van der Waals surface area contributed by atoms with E-state index in [2.05, 4.69) is 10.6 Å². The van der Waals surface area contributed by atoms with Crippen LogP contribution in [0.4, 0.5) is 5.00 Å². The third-order valence-corrected chi connectivity index (χ3v) is 5.90. The quantitative estimate of drug-likeness (QED) is 0.592. The normalized spacial score (nSPS) is 11.1. The third kappa shape index (κ3) is 4.59. The number of esters is 1. The standard InChI is InChI=1S/C21H26N2O4S/c1-12-9-7-8-10-15(12)21(4,5)11-22-17(24)18(25)23-19-16(20(26)27-6)13(2)14(3)28-19/h7-10H,11H2,1-6H3,(H,22,24)(H,23,25). The molecule has 1 aromatic carbocycles. The second-order valence-corrected chi connectivity index (χ2v) is 8.54. The van der Waals surface area contributed by atoms with Crippen molar-refractivity contribution in [3.8, 4) is 0 Å². The van der Waals surface area contributed by atoms with Gasteiger partial charge in [-0.2, -0.15) is 0 Å². The second-order valence-electron chi connectivity index (χ2n) is 7.31. The van der Waals surface area contributed by atoms with Gasteiger partial charge in [0, 0.05) is 16.8 Å². The first-order valence-corrected chi connectivity index (χ1v) is 9.73. The summed E-state index contributed by atoms with van der Waals surface area (Å²) in [6, 6.07) is 7.95. The van der Waals surface area contributed by atoms with E-state index in [0.29, 0.717) is 11.5 Å². The molecule has 2 N–H and O–H groups in total. The van der Waals surface area contributed by atoms with Gasteiger partial charge in [0.25, 0.3) is 0 Å². The monoisotopic (exact) mass is 402 g/mol. The van der Waals surface area contributed by atoms with E-state index in [1.54, 1.807) is 6.92 Å². The molecule has 0 unspecified atom stereocenters. The fourth-order valence-corrected chi connectivity index (χ4v) is 4.08. The van der Waals surface area contributed by atoms with Crippen molar-refractivity contribution in [2.24, 2.45) is 0 Å². The lowest BCUT2D eigenvalue weighted by molar-refractivity contribution is -0.136. The van der Waals surface area contributed by atoms with E-state index in [0.717, 1.165) is 21.6 Å². The Hall–Kier alpha value is -2.67. The number of aryl methyl sites for hydroxylation is 2. The number of carbonyl (C=O) groups excluding carboxylic acids is 3. The molecule has 0 fully saturated rings. The van der Waals surface area contributed by atoms with Crippen LogP contribution < -0.4 is 10.6 Å². The van der Waals surface area contributed by atoms with Crippen molar-refractivity contribution in [1.29, 1.82) is 0 Å². The van der Waals surface area contributed by atoms with Gasteiger partial charge in [0.1, 0.15) is 5.00 Å². The van der Waals surface area contributed by atoms with Gasteiger partial charge in [-0.1, -0.05) is 38.1 Å². The SMILES string of the molecule is COC(=O)c1c(NC(=O)C(=O)NCC(C)(C)c2ccccc2C)sc(C)c1C. The summed E-state index contributed by atoms with van der Waals surface area (Å²) in [4.78, 5) is 37.5. The summed E-state index contributed by atoms with van der Waals surface area (Å²) in [5, 5.41) is 5.55. The summed E-state index contributed by atoms with van der Waals surface area (Å²) in [7, 11) is 1.28. The number of rotatable bonds is 5. The Morgan fingerprint density at radius 1 is 1.07 bits per heavy atom. The molecule has 0 saturated heterocycles. The molecule has 2 rings (SSSR count). The Kier molecular flexibility index (Phi) is 6.61. The van der Waals surface area contributed by atoms with Crippen LogP contribution in [-0.4, -0.2) is 31.4 Å². The lowest BCUT2D eigenvalue weighted by atomic mass is 9.82. The summed E-state index contributed by atoms with van der Waals surface area (Å²) in [5.74, 6) is -2.11. The highest BCUT2D eigenvalue weighted by molar-refractivity contribution is 7.17. The number of nitrogens with one attached hydrogen (secondary N) is 2. The number of thiophene rings is 1. The minimum atomic E-state index is -0.813. The zero-order chi connectivity index (χ0) is 21.1. The molecule has 0 aliphatic heterocycles. The summed E-state index contributed by atoms with van der Waals surface area (Å²) in [5.41, 5.74) is 2.90. The average molecular weight is 403 g/mol. The van der Waals surface area contributed by atoms with E-state index in [1.807, 2.05) is 52.0 Å². The molecule has 1 heterocycles. The first kappa shape index (κ1) is 21.6. The largest absolute Gasteiger partial charge is 0.465 e. The molecule has 0 saturated carbocycles. The van der Waals surface area contributed by atoms with Crippen molar-refractivity contribution >= 4 is 34.1 Å². The predicted octanol–water partition coefficient (Wildman–Crippen LogP) is 3.49. The smallest absolute Gasteiger partial charge is 0.341 e. The maximum Gasteiger partial charge on any atom is 0.341 e. The first-order chi connectivity index (χ1) is 13.1. The zero-order valence-corrected chi connectivity index (χ0v) is 17.9. The predicted molar refractivity (Wildman–Crippen MR) is 111 cm³/mol. The Morgan fingerprint density at radius 2 is 1.71 bits per heavy atom. The van der Waals surface area contributed by atoms with Crippen molar-refractivity contribution < 1.29 is 19.1 Å². The molecule has 0 atom stereocenters. The Balaban J connectivity index is 2.08. The van der Waals surface area contributed by atoms with Crippen molar-refractivity contribution in [3.63, 3.8) is 0 Å². The molecule has 0 aliphatic carbocycles. The second kappa shape index (κ2) is 8.56. The van der Waals surface area contributed by atoms with Crippen molar-refractivity contribution in [2.75, 3.05) is 19.0 Å². The number of hydrogen-bond donors (Lipinski definition) is 2. The molecule has 2 aromatic rings. The lowest BCUT2D eigenvalue weighted by Crippen LogP contribution is -2.42. The van der Waals surface area contributed by atoms with Crippen LogP contribution in [-0.2, 0) is 19.7 Å². The molecule has 0 radical (unpaired) electrons. The highest BCUT2D eigenvalue weighted by Gasteiger charge is 2.27. The Bertz CT molecular complexity index is 915. The van der Waals surface area contributed by atoms with Gasteiger partial charge in [-0.05, 0) is 37.5 Å². The molecule has 28 heavy (non-hydrogen) atoms. The van der Waals surface area contributed by atoms with Gasteiger partial charge < -0.3 is 15.4 Å². The Morgan fingerprint density at radius 3 is 2.32 bits per heavy atom. The number of ether oxygens (including phenoxy) is 1. The van der Waals surface area contributed by atoms with Gasteiger partial charge in [-0.15, -0.1) is 11.3 Å². The van der Waals surface area contributed by atoms with Gasteiger partial charge in [0.05, 0.1) is 12.7 Å². The molecular formula is C21H26N2O4S. The van der Waals surface area contributed by atoms with Gasteiger partial charge in [0.2, 0.25) is 0 Å². The number of hydrogen-bond acceptors (Lipinski definition) is 5. The van der Waals surface area contributed by atoms with E-state index >= 15 is 0 Å². The zero-order valence-electron chi connectivity index (χ0n) is 17.1. The van der Waals surface area contributed by atoms with E-state index in [-0.39, 0.29) is 11.0 Å². The fraction of sp³-hybridized carbons (Fsp3) is 0.381. The summed E-state index contributed by atoms with van der Waals surface area (Å²) >= 11 is 1.24. The van der Waals surface area contributed by atoms with Crippen LogP contribution in [0.2, 0.25) is 0 Å². The Labute approximate surface area is 169 Å². The molecule has 2 amide bonds. The first-order valence-electron chi connectivity index (χ1n) is 8.92. The molecule has 1 aromatic heterocycles. The average Bonchev–Trinajstić information content (AvgIpc) is 2.92. The summed E-state index contributed by atoms with van der Waals surface area (Å²) in [6.45, 7) is 9.95. The van der Waals surface area contributed by atoms with Crippen molar-refractivity contribution in [1.82, 2.24) is 5.32 Å². The van der Waals surface area contributed by atoms with E-state index in [9.17, 15) is 14.4 Å². The van der Waals surface area contributed by atoms with E-state index in [1.165, 1.54) is 18.4 Å². The molecular weight excluding hydrogens is 376 g/mol. The lowest BCUT2D eigenvalue weighted by Gasteiger charge is -2.27. The maximum atomic E-state index is 12.3. The van der Waals surface area contributed by atoms with Crippen LogP contribution in [0.25, 0.3) is 0 Å². The van der Waals surface area contributed by atoms with E-state index in [4.69, 9.17) is 4.74 Å². The minimum absolute atomic E-state index is 0.284. The fourth-order valence-electron chi connectivity index (χ4n) is 3.03. The molecule has 0 spiro atoms. The van der Waals surface area contributed by atoms with Gasteiger partial charge in [-0.3, -0.25) is 9.59 Å². The van der Waals surface area contributed by atoms with Crippen molar-refractivity contribution in [3.05, 3.63) is 51.4 Å². The summed E-state index contributed by atoms with van der Waals surface area (Å²) < 4.78 is 4.78. The molecule has 0 aliphatic rings. The van der Waals surface area contributed by atoms with Crippen LogP contribution in [0, 0.1) is 20.8 Å². The topological polar surface area (TPSA) is 84.5 Å². The van der Waals surface area contributed by atoms with Gasteiger partial charge >= 0.3 is 17.8 Å². The van der Waals surface area contributed by atoms with Gasteiger partial charge in [0.15, 0.2) is 0 Å². The van der Waals surface area contributed by atoms with Crippen molar-refractivity contribution in [2.45, 2.75) is 40.0 Å². The molecule has 7 heteroatoms. The van der Waals surface area contributed by atoms with Gasteiger partial charge in [-0.25, -0.2) is 4.79 Å². The van der Waals surface area contributed by atoms with Crippen LogP contribution in [0.3, 0.4) is 0 Å². The van der Waals surface area contributed by atoms with E-state index < -0.39 is 17.8 Å². The number of carbonyl (C=O) groups is 3. The highest BCUT2D eigenvalue weighted by Crippen LogP contribution is 2.33. The minimum Gasteiger partial charge on any atom is -0.465 e. The van der Waals surface area contributed by atoms with Crippen LogP contribution in [0.15, 0.2) is 24.3 Å². The highest BCUT2D eigenvalue weighted by atomic mass is 32.1.